The van der Waals surface area contributed by atoms with Crippen LogP contribution < -0.4 is 0 Å². The van der Waals surface area contributed by atoms with Crippen LogP contribution in [0.15, 0.2) is 89.9 Å². The second kappa shape index (κ2) is 9.26. The summed E-state index contributed by atoms with van der Waals surface area (Å²) in [6.45, 7) is 5.61. The Hall–Kier alpha value is -3.73. The topological polar surface area (TPSA) is 42.5 Å². The second-order valence-corrected chi connectivity index (χ2v) is 8.41. The largest absolute Gasteiger partial charge is 0.264 e. The van der Waals surface area contributed by atoms with Gasteiger partial charge in [-0.1, -0.05) is 102 Å². The smallest absolute Gasteiger partial charge is 0.166 e. The molecule has 2 heterocycles. The van der Waals surface area contributed by atoms with Gasteiger partial charge < -0.3 is 0 Å². The summed E-state index contributed by atoms with van der Waals surface area (Å²) in [6.07, 6.45) is 3.92. The molecule has 3 aromatic carbocycles. The van der Waals surface area contributed by atoms with Crippen LogP contribution in [-0.2, 0) is 0 Å². The molecule has 6 heteroatoms. The summed E-state index contributed by atoms with van der Waals surface area (Å²) in [5, 5.41) is 5.59. The summed E-state index contributed by atoms with van der Waals surface area (Å²) in [4.78, 5) is 8.88. The maximum atomic E-state index is 6.97. The van der Waals surface area contributed by atoms with Crippen molar-refractivity contribution in [3.63, 3.8) is 0 Å². The molecule has 5 aromatic rings. The quantitative estimate of drug-likeness (QED) is 0.186. The molecule has 0 N–H and O–H groups in total. The molecule has 0 bridgehead atoms. The third kappa shape index (κ3) is 3.81. The van der Waals surface area contributed by atoms with Crippen molar-refractivity contribution in [1.82, 2.24) is 14.6 Å². The SMILES string of the molecule is C=Nc1ccc(-c2c(Cl)nc3c(-c4ccccc4)c(-c4ccccc4)nn3c2Cl)cc1/C=C\C. The molecule has 0 radical (unpaired) electrons. The number of rotatable bonds is 5. The lowest BCUT2D eigenvalue weighted by Gasteiger charge is -2.11. The highest BCUT2D eigenvalue weighted by atomic mass is 35.5. The first-order valence-corrected chi connectivity index (χ1v) is 11.5. The zero-order chi connectivity index (χ0) is 23.7. The highest BCUT2D eigenvalue weighted by Gasteiger charge is 2.23. The van der Waals surface area contributed by atoms with E-state index in [0.717, 1.165) is 39.2 Å². The molecule has 5 rings (SSSR count). The molecular formula is C28H20Cl2N4. The van der Waals surface area contributed by atoms with Crippen molar-refractivity contribution in [3.8, 4) is 33.5 Å². The lowest BCUT2D eigenvalue weighted by molar-refractivity contribution is 0.946. The zero-order valence-electron chi connectivity index (χ0n) is 18.4. The van der Waals surface area contributed by atoms with Crippen LogP contribution in [0.25, 0.3) is 45.2 Å². The van der Waals surface area contributed by atoms with E-state index in [4.69, 9.17) is 33.3 Å². The van der Waals surface area contributed by atoms with Crippen molar-refractivity contribution in [2.75, 3.05) is 0 Å². The number of benzene rings is 3. The lowest BCUT2D eigenvalue weighted by atomic mass is 10.0. The number of fused-ring (bicyclic) bond motifs is 1. The molecule has 0 aliphatic carbocycles. The number of halogens is 2. The Balaban J connectivity index is 1.81. The Bertz CT molecular complexity index is 1540. The normalized spacial score (nSPS) is 11.4. The van der Waals surface area contributed by atoms with E-state index in [-0.39, 0.29) is 0 Å². The average molecular weight is 483 g/mol. The van der Waals surface area contributed by atoms with Gasteiger partial charge in [-0.15, -0.1) is 0 Å². The molecule has 34 heavy (non-hydrogen) atoms. The lowest BCUT2D eigenvalue weighted by Crippen LogP contribution is -1.98. The van der Waals surface area contributed by atoms with Crippen LogP contribution in [0.3, 0.4) is 0 Å². The van der Waals surface area contributed by atoms with Gasteiger partial charge in [0.05, 0.1) is 16.8 Å². The minimum atomic E-state index is 0.305. The Kier molecular flexibility index (Phi) is 6.01. The average Bonchev–Trinajstić information content (AvgIpc) is 3.25. The number of allylic oxidation sites excluding steroid dienone is 1. The Morgan fingerprint density at radius 2 is 1.53 bits per heavy atom. The predicted octanol–water partition coefficient (Wildman–Crippen LogP) is 8.40. The van der Waals surface area contributed by atoms with Gasteiger partial charge in [0.1, 0.15) is 16.0 Å². The summed E-state index contributed by atoms with van der Waals surface area (Å²) in [5.74, 6) is 0. The number of nitrogens with zero attached hydrogens (tertiary/aromatic N) is 4. The van der Waals surface area contributed by atoms with Gasteiger partial charge in [-0.3, -0.25) is 4.99 Å². The molecule has 0 spiro atoms. The maximum Gasteiger partial charge on any atom is 0.166 e. The van der Waals surface area contributed by atoms with Crippen molar-refractivity contribution >= 4 is 47.3 Å². The maximum absolute atomic E-state index is 6.97. The standard InChI is InChI=1S/C28H20Cl2N4/c1-3-10-20-17-21(15-16-22(20)31-2)24-26(29)32-28-23(18-11-6-4-7-12-18)25(33-34(28)27(24)30)19-13-8-5-9-14-19/h3-17H,2H2,1H3/b10-3-. The van der Waals surface area contributed by atoms with Crippen LogP contribution in [-0.4, -0.2) is 21.3 Å². The molecule has 166 valence electrons. The van der Waals surface area contributed by atoms with Gasteiger partial charge >= 0.3 is 0 Å². The highest BCUT2D eigenvalue weighted by molar-refractivity contribution is 6.38. The number of hydrogen-bond donors (Lipinski definition) is 0. The van der Waals surface area contributed by atoms with Crippen LogP contribution in [0.2, 0.25) is 10.3 Å². The van der Waals surface area contributed by atoms with Gasteiger partial charge in [-0.25, -0.2) is 9.50 Å². The van der Waals surface area contributed by atoms with Gasteiger partial charge in [0.25, 0.3) is 0 Å². The molecule has 0 aliphatic heterocycles. The molecule has 0 fully saturated rings. The van der Waals surface area contributed by atoms with Crippen molar-refractivity contribution in [2.45, 2.75) is 6.92 Å². The summed E-state index contributed by atoms with van der Waals surface area (Å²) < 4.78 is 1.67. The summed E-state index contributed by atoms with van der Waals surface area (Å²) in [5.41, 5.74) is 7.34. The second-order valence-electron chi connectivity index (χ2n) is 7.69. The van der Waals surface area contributed by atoms with E-state index in [1.807, 2.05) is 97.9 Å². The third-order valence-corrected chi connectivity index (χ3v) is 6.23. The Morgan fingerprint density at radius 1 is 0.853 bits per heavy atom. The van der Waals surface area contributed by atoms with Crippen molar-refractivity contribution in [3.05, 3.63) is 101 Å². The summed E-state index contributed by atoms with van der Waals surface area (Å²) in [7, 11) is 0. The molecule has 4 nitrogen and oxygen atoms in total. The predicted molar refractivity (Wildman–Crippen MR) is 143 cm³/mol. The molecule has 0 saturated heterocycles. The van der Waals surface area contributed by atoms with Crippen molar-refractivity contribution in [2.24, 2.45) is 4.99 Å². The van der Waals surface area contributed by atoms with Crippen LogP contribution in [0.5, 0.6) is 0 Å². The first-order valence-electron chi connectivity index (χ1n) is 10.7. The van der Waals surface area contributed by atoms with Gasteiger partial charge in [0.15, 0.2) is 5.65 Å². The minimum Gasteiger partial charge on any atom is -0.264 e. The number of aromatic nitrogens is 3. The number of hydrogen-bond acceptors (Lipinski definition) is 3. The van der Waals surface area contributed by atoms with E-state index in [2.05, 4.69) is 11.7 Å². The third-order valence-electron chi connectivity index (χ3n) is 5.61. The molecular weight excluding hydrogens is 463 g/mol. The van der Waals surface area contributed by atoms with Crippen LogP contribution in [0.1, 0.15) is 12.5 Å². The fraction of sp³-hybridized carbons (Fsp3) is 0.0357. The molecule has 0 unspecified atom stereocenters. The minimum absolute atomic E-state index is 0.305. The van der Waals surface area contributed by atoms with Gasteiger partial charge in [-0.2, -0.15) is 5.10 Å². The zero-order valence-corrected chi connectivity index (χ0v) is 19.9. The summed E-state index contributed by atoms with van der Waals surface area (Å²) >= 11 is 13.7. The van der Waals surface area contributed by atoms with Crippen LogP contribution >= 0.6 is 23.2 Å². The monoisotopic (exact) mass is 482 g/mol. The van der Waals surface area contributed by atoms with E-state index in [9.17, 15) is 0 Å². The molecule has 0 saturated carbocycles. The first kappa shape index (κ1) is 22.1. The van der Waals surface area contributed by atoms with Gasteiger partial charge in [0.2, 0.25) is 0 Å². The van der Waals surface area contributed by atoms with E-state index in [1.54, 1.807) is 4.52 Å². The molecule has 2 aromatic heterocycles. The molecule has 0 amide bonds. The van der Waals surface area contributed by atoms with Gasteiger partial charge in [0, 0.05) is 11.1 Å². The number of aliphatic imine (C=N–C) groups is 1. The fourth-order valence-electron chi connectivity index (χ4n) is 4.06. The first-order chi connectivity index (χ1) is 16.6. The van der Waals surface area contributed by atoms with Crippen molar-refractivity contribution in [1.29, 1.82) is 0 Å². The Morgan fingerprint density at radius 3 is 2.18 bits per heavy atom. The van der Waals surface area contributed by atoms with E-state index < -0.39 is 0 Å². The highest BCUT2D eigenvalue weighted by Crippen LogP contribution is 2.41. The van der Waals surface area contributed by atoms with Gasteiger partial charge in [-0.05, 0) is 36.9 Å². The van der Waals surface area contributed by atoms with Crippen LogP contribution in [0.4, 0.5) is 5.69 Å². The van der Waals surface area contributed by atoms with Crippen LogP contribution in [0, 0.1) is 0 Å². The molecule has 0 atom stereocenters. The van der Waals surface area contributed by atoms with E-state index in [1.165, 1.54) is 0 Å². The molecule has 0 aliphatic rings. The van der Waals surface area contributed by atoms with Crippen molar-refractivity contribution < 1.29 is 0 Å². The summed E-state index contributed by atoms with van der Waals surface area (Å²) in [6, 6.07) is 25.8. The Labute approximate surface area is 207 Å². The fourth-order valence-corrected chi connectivity index (χ4v) is 4.71. The van der Waals surface area contributed by atoms with E-state index in [0.29, 0.717) is 21.5 Å². The van der Waals surface area contributed by atoms with E-state index >= 15 is 0 Å².